The van der Waals surface area contributed by atoms with Gasteiger partial charge >= 0.3 is 0 Å². The molecule has 4 nitrogen and oxygen atoms in total. The maximum Gasteiger partial charge on any atom is 0.240 e. The van der Waals surface area contributed by atoms with Crippen LogP contribution < -0.4 is 4.90 Å². The van der Waals surface area contributed by atoms with Crippen LogP contribution in [0.5, 0.6) is 0 Å². The van der Waals surface area contributed by atoms with Crippen molar-refractivity contribution >= 4 is 28.2 Å². The van der Waals surface area contributed by atoms with Gasteiger partial charge in [0.25, 0.3) is 0 Å². The number of fused-ring (bicyclic) bond motifs is 1. The molecule has 0 aliphatic carbocycles. The fourth-order valence-corrected chi connectivity index (χ4v) is 3.19. The Kier molecular flexibility index (Phi) is 3.66. The number of carbonyl (C=O) groups is 2. The third kappa shape index (κ3) is 2.66. The van der Waals surface area contributed by atoms with Crippen LogP contribution in [0.15, 0.2) is 35.2 Å². The minimum absolute atomic E-state index is 0.0400. The van der Waals surface area contributed by atoms with E-state index in [9.17, 15) is 13.8 Å². The maximum atomic E-state index is 12.0. The molecule has 1 amide bonds. The minimum Gasteiger partial charge on any atom is -0.306 e. The molecule has 1 aromatic carbocycles. The first kappa shape index (κ1) is 13.7. The molecule has 5 heteroatoms. The maximum absolute atomic E-state index is 12.0. The summed E-state index contributed by atoms with van der Waals surface area (Å²) in [4.78, 5) is 25.4. The van der Waals surface area contributed by atoms with Crippen LogP contribution in [0.25, 0.3) is 0 Å². The third-order valence-electron chi connectivity index (χ3n) is 2.89. The highest BCUT2D eigenvalue weighted by Gasteiger charge is 2.29. The molecule has 1 unspecified atom stereocenters. The highest BCUT2D eigenvalue weighted by Crippen LogP contribution is 2.30. The first-order valence-electron chi connectivity index (χ1n) is 5.88. The van der Waals surface area contributed by atoms with Crippen molar-refractivity contribution in [2.45, 2.75) is 18.7 Å². The lowest BCUT2D eigenvalue weighted by Crippen LogP contribution is -2.40. The van der Waals surface area contributed by atoms with Crippen LogP contribution in [-0.2, 0) is 15.6 Å². The first-order valence-corrected chi connectivity index (χ1v) is 7.20. The number of Topliss-reactive ketones (excluding diaryl/α,β-unsaturated/α-hetero) is 1. The number of benzene rings is 1. The fraction of sp³-hybridized carbons (Fsp3) is 0.286. The summed E-state index contributed by atoms with van der Waals surface area (Å²) in [6.07, 6.45) is 0. The van der Waals surface area contributed by atoms with Gasteiger partial charge in [0.05, 0.1) is 21.4 Å². The van der Waals surface area contributed by atoms with E-state index < -0.39 is 10.8 Å². The SMILES string of the molecule is C=C(C)CN1C(=O)CS(=O)c2cc(C(C)=O)ccc21. The van der Waals surface area contributed by atoms with E-state index >= 15 is 0 Å². The van der Waals surface area contributed by atoms with Crippen molar-refractivity contribution in [2.75, 3.05) is 17.2 Å². The lowest BCUT2D eigenvalue weighted by molar-refractivity contribution is -0.116. The lowest BCUT2D eigenvalue weighted by Gasteiger charge is -2.29. The number of hydrogen-bond acceptors (Lipinski definition) is 3. The van der Waals surface area contributed by atoms with Crippen LogP contribution in [0.4, 0.5) is 5.69 Å². The number of rotatable bonds is 3. The van der Waals surface area contributed by atoms with Crippen molar-refractivity contribution < 1.29 is 13.8 Å². The predicted molar refractivity (Wildman–Crippen MR) is 74.9 cm³/mol. The van der Waals surface area contributed by atoms with Gasteiger partial charge in [-0.3, -0.25) is 13.8 Å². The number of nitrogens with zero attached hydrogens (tertiary/aromatic N) is 1. The second-order valence-electron chi connectivity index (χ2n) is 4.67. The van der Waals surface area contributed by atoms with Crippen LogP contribution in [0.3, 0.4) is 0 Å². The Balaban J connectivity index is 2.52. The van der Waals surface area contributed by atoms with E-state index in [1.165, 1.54) is 6.92 Å². The molecule has 0 fully saturated rings. The van der Waals surface area contributed by atoms with Gasteiger partial charge in [0.15, 0.2) is 5.78 Å². The fourth-order valence-electron chi connectivity index (χ4n) is 1.98. The van der Waals surface area contributed by atoms with E-state index in [4.69, 9.17) is 0 Å². The largest absolute Gasteiger partial charge is 0.306 e. The third-order valence-corrected chi connectivity index (χ3v) is 4.21. The zero-order valence-electron chi connectivity index (χ0n) is 10.9. The van der Waals surface area contributed by atoms with Crippen LogP contribution >= 0.6 is 0 Å². The summed E-state index contributed by atoms with van der Waals surface area (Å²) in [7, 11) is -1.38. The summed E-state index contributed by atoms with van der Waals surface area (Å²) in [6, 6.07) is 4.96. The summed E-state index contributed by atoms with van der Waals surface area (Å²) in [5, 5.41) is 0. The Labute approximate surface area is 114 Å². The van der Waals surface area contributed by atoms with Crippen molar-refractivity contribution in [3.05, 3.63) is 35.9 Å². The number of amides is 1. The average Bonchev–Trinajstić information content (AvgIpc) is 2.33. The molecule has 1 atom stereocenters. The number of hydrogen-bond donors (Lipinski definition) is 0. The molecule has 1 aromatic rings. The summed E-state index contributed by atoms with van der Waals surface area (Å²) in [5.41, 5.74) is 1.97. The Morgan fingerprint density at radius 3 is 2.68 bits per heavy atom. The van der Waals surface area contributed by atoms with Crippen molar-refractivity contribution in [2.24, 2.45) is 0 Å². The van der Waals surface area contributed by atoms with E-state index in [0.29, 0.717) is 22.7 Å². The second-order valence-corrected chi connectivity index (χ2v) is 6.09. The topological polar surface area (TPSA) is 54.5 Å². The van der Waals surface area contributed by atoms with E-state index in [2.05, 4.69) is 6.58 Å². The quantitative estimate of drug-likeness (QED) is 0.626. The Morgan fingerprint density at radius 2 is 2.11 bits per heavy atom. The van der Waals surface area contributed by atoms with Crippen molar-refractivity contribution in [3.63, 3.8) is 0 Å². The number of ketones is 1. The van der Waals surface area contributed by atoms with E-state index in [1.54, 1.807) is 23.1 Å². The molecule has 2 rings (SSSR count). The zero-order chi connectivity index (χ0) is 14.2. The molecule has 19 heavy (non-hydrogen) atoms. The van der Waals surface area contributed by atoms with Crippen LogP contribution in [-0.4, -0.2) is 28.2 Å². The first-order chi connectivity index (χ1) is 8.90. The molecule has 100 valence electrons. The summed E-state index contributed by atoms with van der Waals surface area (Å²) < 4.78 is 12.0. The molecule has 0 aromatic heterocycles. The number of anilines is 1. The van der Waals surface area contributed by atoms with E-state index in [-0.39, 0.29) is 17.4 Å². The summed E-state index contributed by atoms with van der Waals surface area (Å²) in [6.45, 7) is 7.50. The lowest BCUT2D eigenvalue weighted by atomic mass is 10.1. The minimum atomic E-state index is -1.38. The molecular weight excluding hydrogens is 262 g/mol. The summed E-state index contributed by atoms with van der Waals surface area (Å²) in [5.74, 6) is -0.297. The molecule has 0 bridgehead atoms. The highest BCUT2D eigenvalue weighted by atomic mass is 32.2. The monoisotopic (exact) mass is 277 g/mol. The smallest absolute Gasteiger partial charge is 0.240 e. The van der Waals surface area contributed by atoms with Gasteiger partial charge in [-0.1, -0.05) is 12.2 Å². The normalized spacial score (nSPS) is 18.1. The Morgan fingerprint density at radius 1 is 1.42 bits per heavy atom. The molecule has 1 heterocycles. The van der Waals surface area contributed by atoms with Crippen molar-refractivity contribution in [1.82, 2.24) is 0 Å². The Bertz CT molecular complexity index is 607. The van der Waals surface area contributed by atoms with E-state index in [0.717, 1.165) is 5.57 Å². The van der Waals surface area contributed by atoms with E-state index in [1.807, 2.05) is 6.92 Å². The Hall–Kier alpha value is -1.75. The van der Waals surface area contributed by atoms with Gasteiger partial charge in [0.1, 0.15) is 5.75 Å². The predicted octanol–water partition coefficient (Wildman–Crippen LogP) is 1.92. The standard InChI is InChI=1S/C14H15NO3S/c1-9(2)7-15-12-5-4-11(10(3)16)6-13(12)19(18)8-14(15)17/h4-6H,1,7-8H2,2-3H3. The van der Waals surface area contributed by atoms with Gasteiger partial charge < -0.3 is 4.90 Å². The second kappa shape index (κ2) is 5.09. The molecule has 0 spiro atoms. The van der Waals surface area contributed by atoms with Gasteiger partial charge in [-0.15, -0.1) is 0 Å². The van der Waals surface area contributed by atoms with Crippen LogP contribution in [0.1, 0.15) is 24.2 Å². The van der Waals surface area contributed by atoms with Gasteiger partial charge in [-0.2, -0.15) is 0 Å². The molecule has 1 aliphatic rings. The molecule has 0 N–H and O–H groups in total. The zero-order valence-corrected chi connectivity index (χ0v) is 11.8. The molecular formula is C14H15NO3S. The van der Waals surface area contributed by atoms with Crippen LogP contribution in [0.2, 0.25) is 0 Å². The van der Waals surface area contributed by atoms with Crippen molar-refractivity contribution in [3.8, 4) is 0 Å². The number of carbonyl (C=O) groups excluding carboxylic acids is 2. The van der Waals surface area contributed by atoms with Crippen LogP contribution in [0, 0.1) is 0 Å². The molecule has 1 aliphatic heterocycles. The average molecular weight is 277 g/mol. The molecule has 0 saturated carbocycles. The van der Waals surface area contributed by atoms with Gasteiger partial charge in [0, 0.05) is 12.1 Å². The van der Waals surface area contributed by atoms with Gasteiger partial charge in [-0.05, 0) is 32.0 Å². The molecule has 0 radical (unpaired) electrons. The van der Waals surface area contributed by atoms with Gasteiger partial charge in [0.2, 0.25) is 5.91 Å². The van der Waals surface area contributed by atoms with Crippen molar-refractivity contribution in [1.29, 1.82) is 0 Å². The highest BCUT2D eigenvalue weighted by molar-refractivity contribution is 7.86. The molecule has 0 saturated heterocycles. The van der Waals surface area contributed by atoms with Gasteiger partial charge in [-0.25, -0.2) is 0 Å². The summed E-state index contributed by atoms with van der Waals surface area (Å²) >= 11 is 0.